The van der Waals surface area contributed by atoms with Crippen LogP contribution in [0.25, 0.3) is 0 Å². The molecular weight excluding hydrogens is 443 g/mol. The van der Waals surface area contributed by atoms with Crippen LogP contribution in [0.15, 0.2) is 10.6 Å². The lowest BCUT2D eigenvalue weighted by atomic mass is 9.90. The molecular formula is C18H28F3N3O6S. The summed E-state index contributed by atoms with van der Waals surface area (Å²) in [4.78, 5) is 11.2. The number of ether oxygens (including phenoxy) is 1. The van der Waals surface area contributed by atoms with Crippen LogP contribution in [0.2, 0.25) is 0 Å². The van der Waals surface area contributed by atoms with Crippen molar-refractivity contribution in [2.24, 2.45) is 0 Å². The molecule has 2 aliphatic rings. The largest absolute Gasteiger partial charge is 0.490 e. The van der Waals surface area contributed by atoms with Crippen molar-refractivity contribution in [1.82, 2.24) is 14.8 Å². The Morgan fingerprint density at radius 1 is 1.42 bits per heavy atom. The molecule has 1 spiro atoms. The molecule has 178 valence electrons. The Morgan fingerprint density at radius 2 is 2.10 bits per heavy atom. The molecule has 1 aromatic rings. The van der Waals surface area contributed by atoms with E-state index in [9.17, 15) is 21.6 Å². The first-order chi connectivity index (χ1) is 14.3. The van der Waals surface area contributed by atoms with Gasteiger partial charge >= 0.3 is 12.1 Å². The first-order valence-corrected chi connectivity index (χ1v) is 11.6. The number of carboxylic acid groups (broad SMARTS) is 1. The van der Waals surface area contributed by atoms with Crippen molar-refractivity contribution in [2.75, 3.05) is 25.4 Å². The number of halogens is 3. The minimum atomic E-state index is -5.08. The molecule has 0 saturated carbocycles. The van der Waals surface area contributed by atoms with Gasteiger partial charge in [0, 0.05) is 32.2 Å². The predicted molar refractivity (Wildman–Crippen MR) is 104 cm³/mol. The molecule has 0 unspecified atom stereocenters. The van der Waals surface area contributed by atoms with Crippen LogP contribution < -0.4 is 4.72 Å². The van der Waals surface area contributed by atoms with Crippen molar-refractivity contribution in [2.45, 2.75) is 64.0 Å². The normalized spacial score (nSPS) is 24.7. The Hall–Kier alpha value is -1.70. The molecule has 2 fully saturated rings. The highest BCUT2D eigenvalue weighted by Gasteiger charge is 2.43. The number of likely N-dealkylation sites (tertiary alicyclic amines) is 1. The quantitative estimate of drug-likeness (QED) is 0.647. The fraction of sp³-hybridized carbons (Fsp3) is 0.778. The number of hydrogen-bond donors (Lipinski definition) is 2. The topological polar surface area (TPSA) is 122 Å². The van der Waals surface area contributed by atoms with E-state index in [4.69, 9.17) is 19.2 Å². The molecule has 0 aromatic carbocycles. The Labute approximate surface area is 179 Å². The van der Waals surface area contributed by atoms with Crippen LogP contribution in [-0.2, 0) is 26.1 Å². The van der Waals surface area contributed by atoms with Gasteiger partial charge < -0.3 is 14.4 Å². The molecule has 3 heterocycles. The average molecular weight is 471 g/mol. The maximum atomic E-state index is 11.6. The number of nitrogens with one attached hydrogen (secondary N) is 1. The summed E-state index contributed by atoms with van der Waals surface area (Å²) in [5, 5.41) is 11.2. The highest BCUT2D eigenvalue weighted by Crippen LogP contribution is 2.37. The summed E-state index contributed by atoms with van der Waals surface area (Å²) in [6.07, 6.45) is -1.10. The highest BCUT2D eigenvalue weighted by molar-refractivity contribution is 7.89. The zero-order valence-electron chi connectivity index (χ0n) is 17.4. The van der Waals surface area contributed by atoms with Gasteiger partial charge in [0.05, 0.1) is 23.2 Å². The number of aryl methyl sites for hydroxylation is 1. The van der Waals surface area contributed by atoms with Gasteiger partial charge in [0.25, 0.3) is 0 Å². The van der Waals surface area contributed by atoms with E-state index in [1.165, 1.54) is 0 Å². The SMILES string of the molecule is CCS(=O)(=O)NC[C@H]1CCC[C@]2(CCN(Cc3cc(C)on3)C2)O1.O=C(O)C(F)(F)F. The number of carboxylic acids is 1. The van der Waals surface area contributed by atoms with E-state index in [-0.39, 0.29) is 17.5 Å². The van der Waals surface area contributed by atoms with Crippen LogP contribution in [0, 0.1) is 6.92 Å². The van der Waals surface area contributed by atoms with Crippen molar-refractivity contribution in [1.29, 1.82) is 0 Å². The lowest BCUT2D eigenvalue weighted by molar-refractivity contribution is -0.192. The Morgan fingerprint density at radius 3 is 2.65 bits per heavy atom. The minimum absolute atomic E-state index is 0.0330. The third-order valence-corrected chi connectivity index (χ3v) is 6.55. The van der Waals surface area contributed by atoms with Gasteiger partial charge in [-0.3, -0.25) is 4.90 Å². The van der Waals surface area contributed by atoms with Crippen LogP contribution in [0.1, 0.15) is 44.1 Å². The number of aliphatic carboxylic acids is 1. The van der Waals surface area contributed by atoms with Crippen LogP contribution >= 0.6 is 0 Å². The second-order valence-corrected chi connectivity index (χ2v) is 9.85. The van der Waals surface area contributed by atoms with Crippen LogP contribution in [-0.4, -0.2) is 72.8 Å². The molecule has 2 saturated heterocycles. The van der Waals surface area contributed by atoms with Crippen molar-refractivity contribution < 1.29 is 40.8 Å². The summed E-state index contributed by atoms with van der Waals surface area (Å²) in [6.45, 7) is 6.53. The standard InChI is InChI=1S/C16H27N3O4S.C2HF3O2/c1-3-24(20,21)17-10-15-5-4-6-16(22-15)7-8-19(12-16)11-14-9-13(2)23-18-14;3-2(4,5)1(6)7/h9,15,17H,3-8,10-12H2,1-2H3;(H,6,7)/t15-,16-;/m1./s1. The van der Waals surface area contributed by atoms with Crippen LogP contribution in [0.3, 0.4) is 0 Å². The van der Waals surface area contributed by atoms with Gasteiger partial charge in [-0.2, -0.15) is 13.2 Å². The summed E-state index contributed by atoms with van der Waals surface area (Å²) in [5.41, 5.74) is 0.812. The van der Waals surface area contributed by atoms with Gasteiger partial charge in [-0.15, -0.1) is 0 Å². The van der Waals surface area contributed by atoms with Crippen molar-refractivity contribution in [3.05, 3.63) is 17.5 Å². The van der Waals surface area contributed by atoms with Crippen LogP contribution in [0.4, 0.5) is 13.2 Å². The van der Waals surface area contributed by atoms with Crippen LogP contribution in [0.5, 0.6) is 0 Å². The van der Waals surface area contributed by atoms with E-state index in [0.29, 0.717) is 6.54 Å². The number of alkyl halides is 3. The lowest BCUT2D eigenvalue weighted by Crippen LogP contribution is -2.46. The molecule has 1 aromatic heterocycles. The summed E-state index contributed by atoms with van der Waals surface area (Å²) in [6, 6.07) is 1.97. The Bertz CT molecular complexity index is 845. The fourth-order valence-corrected chi connectivity index (χ4v) is 4.32. The summed E-state index contributed by atoms with van der Waals surface area (Å²) < 4.78 is 69.1. The summed E-state index contributed by atoms with van der Waals surface area (Å²) >= 11 is 0. The average Bonchev–Trinajstić information content (AvgIpc) is 3.26. The fourth-order valence-electron chi connectivity index (χ4n) is 3.67. The van der Waals surface area contributed by atoms with Crippen molar-refractivity contribution in [3.8, 4) is 0 Å². The third kappa shape index (κ3) is 8.05. The Balaban J connectivity index is 0.000000423. The van der Waals surface area contributed by atoms with E-state index in [1.54, 1.807) is 6.92 Å². The molecule has 2 N–H and O–H groups in total. The molecule has 3 rings (SSSR count). The van der Waals surface area contributed by atoms with Gasteiger partial charge in [0.15, 0.2) is 0 Å². The molecule has 0 bridgehead atoms. The second-order valence-electron chi connectivity index (χ2n) is 7.76. The first-order valence-electron chi connectivity index (χ1n) is 9.94. The second kappa shape index (κ2) is 10.3. The van der Waals surface area contributed by atoms with E-state index < -0.39 is 22.2 Å². The first kappa shape index (κ1) is 25.6. The highest BCUT2D eigenvalue weighted by atomic mass is 32.2. The van der Waals surface area contributed by atoms with Gasteiger partial charge in [0.1, 0.15) is 5.76 Å². The van der Waals surface area contributed by atoms with Gasteiger partial charge in [-0.1, -0.05) is 5.16 Å². The number of aromatic nitrogens is 1. The molecule has 0 amide bonds. The smallest absolute Gasteiger partial charge is 0.475 e. The maximum Gasteiger partial charge on any atom is 0.490 e. The predicted octanol–water partition coefficient (Wildman–Crippen LogP) is 2.07. The van der Waals surface area contributed by atoms with E-state index in [1.807, 2.05) is 13.0 Å². The molecule has 13 heteroatoms. The lowest BCUT2D eigenvalue weighted by Gasteiger charge is -2.38. The molecule has 31 heavy (non-hydrogen) atoms. The van der Waals surface area contributed by atoms with E-state index >= 15 is 0 Å². The minimum Gasteiger partial charge on any atom is -0.475 e. The summed E-state index contributed by atoms with van der Waals surface area (Å²) in [5.74, 6) is -1.82. The number of nitrogens with zero attached hydrogens (tertiary/aromatic N) is 2. The Kier molecular flexibility index (Phi) is 8.47. The zero-order valence-corrected chi connectivity index (χ0v) is 18.3. The monoisotopic (exact) mass is 471 g/mol. The molecule has 0 aliphatic carbocycles. The van der Waals surface area contributed by atoms with E-state index in [2.05, 4.69) is 14.8 Å². The number of hydrogen-bond acceptors (Lipinski definition) is 7. The number of carbonyl (C=O) groups is 1. The molecule has 2 aliphatic heterocycles. The van der Waals surface area contributed by atoms with Crippen molar-refractivity contribution in [3.63, 3.8) is 0 Å². The number of rotatable bonds is 6. The van der Waals surface area contributed by atoms with Gasteiger partial charge in [-0.25, -0.2) is 17.9 Å². The van der Waals surface area contributed by atoms with Crippen molar-refractivity contribution >= 4 is 16.0 Å². The molecule has 9 nitrogen and oxygen atoms in total. The van der Waals surface area contributed by atoms with Gasteiger partial charge in [0.2, 0.25) is 10.0 Å². The summed E-state index contributed by atoms with van der Waals surface area (Å²) in [7, 11) is -3.16. The molecule has 2 atom stereocenters. The third-order valence-electron chi connectivity index (χ3n) is 5.19. The number of sulfonamides is 1. The van der Waals surface area contributed by atoms with E-state index in [0.717, 1.165) is 56.8 Å². The maximum absolute atomic E-state index is 11.6. The molecule has 0 radical (unpaired) electrons. The van der Waals surface area contributed by atoms with Gasteiger partial charge in [-0.05, 0) is 39.5 Å². The zero-order chi connectivity index (χ0) is 23.3.